The molecule has 4 aromatic rings. The quantitative estimate of drug-likeness (QED) is 0.560. The van der Waals surface area contributed by atoms with Gasteiger partial charge >= 0.3 is 0 Å². The van der Waals surface area contributed by atoms with Crippen molar-refractivity contribution in [3.63, 3.8) is 0 Å². The fraction of sp³-hybridized carbons (Fsp3) is 0.111. The minimum Gasteiger partial charge on any atom is -0.485 e. The van der Waals surface area contributed by atoms with Crippen LogP contribution in [0.15, 0.2) is 63.7 Å². The smallest absolute Gasteiger partial charge is 0.202 e. The number of hydrogen-bond donors (Lipinski definition) is 0. The van der Waals surface area contributed by atoms with Crippen molar-refractivity contribution in [1.29, 1.82) is 0 Å². The number of furan rings is 1. The van der Waals surface area contributed by atoms with Crippen molar-refractivity contribution in [3.05, 3.63) is 66.2 Å². The summed E-state index contributed by atoms with van der Waals surface area (Å²) in [7, 11) is 0. The first kappa shape index (κ1) is 13.6. The van der Waals surface area contributed by atoms with Crippen molar-refractivity contribution in [3.8, 4) is 17.3 Å². The molecule has 0 fully saturated rings. The van der Waals surface area contributed by atoms with E-state index in [0.717, 1.165) is 22.3 Å². The van der Waals surface area contributed by atoms with Crippen LogP contribution >= 0.6 is 0 Å². The average molecular weight is 306 g/mol. The predicted molar refractivity (Wildman–Crippen MR) is 85.0 cm³/mol. The van der Waals surface area contributed by atoms with Crippen LogP contribution in [0.3, 0.4) is 0 Å². The van der Waals surface area contributed by atoms with Gasteiger partial charge in [-0.25, -0.2) is 4.98 Å². The van der Waals surface area contributed by atoms with Gasteiger partial charge in [-0.1, -0.05) is 23.4 Å². The van der Waals surface area contributed by atoms with Gasteiger partial charge in [0.2, 0.25) is 5.76 Å². The summed E-state index contributed by atoms with van der Waals surface area (Å²) in [5, 5.41) is 5.05. The van der Waals surface area contributed by atoms with Crippen LogP contribution in [0.2, 0.25) is 0 Å². The number of pyridine rings is 1. The molecular weight excluding hydrogens is 292 g/mol. The Morgan fingerprint density at radius 3 is 2.87 bits per heavy atom. The maximum atomic E-state index is 5.88. The van der Waals surface area contributed by atoms with E-state index in [2.05, 4.69) is 10.1 Å². The lowest BCUT2D eigenvalue weighted by Crippen LogP contribution is -1.97. The predicted octanol–water partition coefficient (Wildman–Crippen LogP) is 4.37. The van der Waals surface area contributed by atoms with Gasteiger partial charge in [-0.2, -0.15) is 0 Å². The summed E-state index contributed by atoms with van der Waals surface area (Å²) in [5.41, 5.74) is 2.50. The van der Waals surface area contributed by atoms with Gasteiger partial charge in [0.05, 0.1) is 6.26 Å². The molecule has 4 rings (SSSR count). The molecule has 0 aliphatic heterocycles. The third kappa shape index (κ3) is 2.68. The van der Waals surface area contributed by atoms with Crippen molar-refractivity contribution in [1.82, 2.24) is 10.1 Å². The molecule has 0 spiro atoms. The first-order chi connectivity index (χ1) is 11.3. The van der Waals surface area contributed by atoms with Crippen LogP contribution in [0.4, 0.5) is 0 Å². The number of nitrogens with zero attached hydrogens (tertiary/aromatic N) is 2. The van der Waals surface area contributed by atoms with Crippen LogP contribution in [0.25, 0.3) is 22.4 Å². The Hall–Kier alpha value is -3.08. The summed E-state index contributed by atoms with van der Waals surface area (Å²) < 4.78 is 16.4. The Kier molecular flexibility index (Phi) is 3.31. The number of fused-ring (bicyclic) bond motifs is 1. The van der Waals surface area contributed by atoms with E-state index in [4.69, 9.17) is 13.7 Å². The van der Waals surface area contributed by atoms with Gasteiger partial charge in [-0.3, -0.25) is 0 Å². The summed E-state index contributed by atoms with van der Waals surface area (Å²) in [6.07, 6.45) is 1.60. The molecule has 0 N–H and O–H groups in total. The SMILES string of the molecule is Cc1ccc2cccc(OCc3cc(-c4ccco4)on3)c2n1. The highest BCUT2D eigenvalue weighted by Crippen LogP contribution is 2.26. The van der Waals surface area contributed by atoms with E-state index in [-0.39, 0.29) is 0 Å². The van der Waals surface area contributed by atoms with Crippen molar-refractivity contribution in [2.24, 2.45) is 0 Å². The van der Waals surface area contributed by atoms with Crippen LogP contribution < -0.4 is 4.74 Å². The van der Waals surface area contributed by atoms with E-state index in [1.165, 1.54) is 0 Å². The number of rotatable bonds is 4. The second kappa shape index (κ2) is 5.61. The highest BCUT2D eigenvalue weighted by atomic mass is 16.5. The fourth-order valence-corrected chi connectivity index (χ4v) is 2.40. The highest BCUT2D eigenvalue weighted by molar-refractivity contribution is 5.84. The minimum atomic E-state index is 0.305. The number of aromatic nitrogens is 2. The summed E-state index contributed by atoms with van der Waals surface area (Å²) in [5.74, 6) is 1.96. The Morgan fingerprint density at radius 1 is 1.04 bits per heavy atom. The second-order valence-corrected chi connectivity index (χ2v) is 5.23. The van der Waals surface area contributed by atoms with Crippen molar-refractivity contribution < 1.29 is 13.7 Å². The average Bonchev–Trinajstić information content (AvgIpc) is 3.24. The molecule has 3 aromatic heterocycles. The molecule has 0 bridgehead atoms. The minimum absolute atomic E-state index is 0.305. The van der Waals surface area contributed by atoms with Crippen LogP contribution in [-0.4, -0.2) is 10.1 Å². The molecule has 5 nitrogen and oxygen atoms in total. The summed E-state index contributed by atoms with van der Waals surface area (Å²) >= 11 is 0. The normalized spacial score (nSPS) is 11.0. The van der Waals surface area contributed by atoms with Gasteiger partial charge in [0, 0.05) is 17.1 Å². The largest absolute Gasteiger partial charge is 0.485 e. The van der Waals surface area contributed by atoms with Crippen molar-refractivity contribution >= 4 is 10.9 Å². The lowest BCUT2D eigenvalue weighted by Gasteiger charge is -2.07. The van der Waals surface area contributed by atoms with E-state index < -0.39 is 0 Å². The van der Waals surface area contributed by atoms with E-state index in [1.807, 2.05) is 49.4 Å². The lowest BCUT2D eigenvalue weighted by molar-refractivity contribution is 0.292. The fourth-order valence-electron chi connectivity index (χ4n) is 2.40. The molecule has 114 valence electrons. The van der Waals surface area contributed by atoms with Crippen LogP contribution in [0.1, 0.15) is 11.4 Å². The number of benzene rings is 1. The molecule has 3 heterocycles. The van der Waals surface area contributed by atoms with E-state index in [9.17, 15) is 0 Å². The van der Waals surface area contributed by atoms with E-state index in [1.54, 1.807) is 12.3 Å². The van der Waals surface area contributed by atoms with Gasteiger partial charge < -0.3 is 13.7 Å². The Bertz CT molecular complexity index is 942. The topological polar surface area (TPSA) is 61.3 Å². The molecule has 1 aromatic carbocycles. The third-order valence-corrected chi connectivity index (χ3v) is 3.52. The van der Waals surface area contributed by atoms with Crippen molar-refractivity contribution in [2.45, 2.75) is 13.5 Å². The molecule has 0 saturated heterocycles. The summed E-state index contributed by atoms with van der Waals surface area (Å²) in [6, 6.07) is 15.3. The Morgan fingerprint density at radius 2 is 2.00 bits per heavy atom. The highest BCUT2D eigenvalue weighted by Gasteiger charge is 2.10. The zero-order valence-corrected chi connectivity index (χ0v) is 12.5. The molecule has 0 amide bonds. The molecule has 23 heavy (non-hydrogen) atoms. The molecule has 0 radical (unpaired) electrons. The molecule has 0 saturated carbocycles. The monoisotopic (exact) mass is 306 g/mol. The Labute approximate surface area is 132 Å². The number of hydrogen-bond acceptors (Lipinski definition) is 5. The molecule has 0 aliphatic rings. The number of aryl methyl sites for hydroxylation is 1. The number of ether oxygens (including phenoxy) is 1. The lowest BCUT2D eigenvalue weighted by atomic mass is 10.2. The van der Waals surface area contributed by atoms with Gasteiger partial charge in [-0.05, 0) is 31.2 Å². The van der Waals surface area contributed by atoms with Crippen LogP contribution in [-0.2, 0) is 6.61 Å². The number of para-hydroxylation sites is 1. The molecular formula is C18H14N2O3. The molecule has 0 atom stereocenters. The first-order valence-electron chi connectivity index (χ1n) is 7.28. The van der Waals surface area contributed by atoms with Gasteiger partial charge in [-0.15, -0.1) is 0 Å². The second-order valence-electron chi connectivity index (χ2n) is 5.23. The zero-order chi connectivity index (χ0) is 15.6. The first-order valence-corrected chi connectivity index (χ1v) is 7.28. The summed E-state index contributed by atoms with van der Waals surface area (Å²) in [4.78, 5) is 4.55. The molecule has 5 heteroatoms. The van der Waals surface area contributed by atoms with Crippen molar-refractivity contribution in [2.75, 3.05) is 0 Å². The van der Waals surface area contributed by atoms with Crippen LogP contribution in [0.5, 0.6) is 5.75 Å². The van der Waals surface area contributed by atoms with Crippen LogP contribution in [0, 0.1) is 6.92 Å². The molecule has 0 aliphatic carbocycles. The van der Waals surface area contributed by atoms with E-state index >= 15 is 0 Å². The zero-order valence-electron chi connectivity index (χ0n) is 12.5. The standard InChI is InChI=1S/C18H14N2O3/c1-12-7-8-13-4-2-5-16(18(13)19-12)22-11-14-10-17(23-20-14)15-6-3-9-21-15/h2-10H,11H2,1H3. The third-order valence-electron chi connectivity index (χ3n) is 3.52. The van der Waals surface area contributed by atoms with Gasteiger partial charge in [0.1, 0.15) is 23.6 Å². The maximum absolute atomic E-state index is 5.88. The summed E-state index contributed by atoms with van der Waals surface area (Å²) in [6.45, 7) is 2.27. The van der Waals surface area contributed by atoms with Gasteiger partial charge in [0.25, 0.3) is 0 Å². The Balaban J connectivity index is 1.56. The maximum Gasteiger partial charge on any atom is 0.202 e. The molecule has 0 unspecified atom stereocenters. The van der Waals surface area contributed by atoms with E-state index in [0.29, 0.717) is 23.8 Å². The van der Waals surface area contributed by atoms with Gasteiger partial charge in [0.15, 0.2) is 5.76 Å².